The molecule has 14 heavy (non-hydrogen) atoms. The van der Waals surface area contributed by atoms with Crippen molar-refractivity contribution < 1.29 is 0 Å². The third-order valence-electron chi connectivity index (χ3n) is 3.80. The second kappa shape index (κ2) is 6.15. The Kier molecular flexibility index (Phi) is 5.51. The van der Waals surface area contributed by atoms with Crippen LogP contribution in [0.4, 0.5) is 0 Å². The predicted molar refractivity (Wildman–Crippen MR) is 67.9 cm³/mol. The number of halogens is 1. The number of hydrogen-bond donors (Lipinski definition) is 0. The lowest BCUT2D eigenvalue weighted by Crippen LogP contribution is -2.19. The van der Waals surface area contributed by atoms with E-state index in [-0.39, 0.29) is 0 Å². The van der Waals surface area contributed by atoms with Gasteiger partial charge in [0.2, 0.25) is 0 Å². The minimum atomic E-state index is 0.748. The SMILES string of the molecule is CCC1CCCC(C(Br)C(C)C)CC1. The van der Waals surface area contributed by atoms with E-state index in [1.54, 1.807) is 0 Å². The second-order valence-corrected chi connectivity index (χ2v) is 6.29. The first-order valence-electron chi connectivity index (χ1n) is 6.29. The fraction of sp³-hybridized carbons (Fsp3) is 1.00. The summed E-state index contributed by atoms with van der Waals surface area (Å²) in [7, 11) is 0. The molecule has 0 bridgehead atoms. The molecule has 0 aromatic rings. The first-order chi connectivity index (χ1) is 6.65. The summed E-state index contributed by atoms with van der Waals surface area (Å²) in [5.74, 6) is 2.75. The molecule has 3 atom stereocenters. The molecular formula is C13H25Br. The summed E-state index contributed by atoms with van der Waals surface area (Å²) in [6, 6.07) is 0. The van der Waals surface area contributed by atoms with Crippen LogP contribution >= 0.6 is 15.9 Å². The molecule has 0 aliphatic heterocycles. The van der Waals surface area contributed by atoms with Crippen molar-refractivity contribution in [1.29, 1.82) is 0 Å². The highest BCUT2D eigenvalue weighted by Crippen LogP contribution is 2.35. The Hall–Kier alpha value is 0.480. The van der Waals surface area contributed by atoms with Crippen LogP contribution in [0, 0.1) is 17.8 Å². The Morgan fingerprint density at radius 1 is 1.14 bits per heavy atom. The molecule has 0 saturated heterocycles. The molecule has 0 N–H and O–H groups in total. The van der Waals surface area contributed by atoms with Gasteiger partial charge in [0.05, 0.1) is 0 Å². The van der Waals surface area contributed by atoms with Gasteiger partial charge in [0.15, 0.2) is 0 Å². The lowest BCUT2D eigenvalue weighted by Gasteiger charge is -2.24. The minimum Gasteiger partial charge on any atom is -0.0885 e. The third-order valence-corrected chi connectivity index (χ3v) is 5.60. The Morgan fingerprint density at radius 3 is 2.43 bits per heavy atom. The van der Waals surface area contributed by atoms with Gasteiger partial charge in [-0.3, -0.25) is 0 Å². The molecule has 0 aromatic carbocycles. The van der Waals surface area contributed by atoms with Gasteiger partial charge < -0.3 is 0 Å². The Morgan fingerprint density at radius 2 is 1.86 bits per heavy atom. The molecule has 1 aliphatic carbocycles. The first-order valence-corrected chi connectivity index (χ1v) is 7.20. The van der Waals surface area contributed by atoms with Crippen LogP contribution < -0.4 is 0 Å². The van der Waals surface area contributed by atoms with Crippen molar-refractivity contribution in [3.63, 3.8) is 0 Å². The van der Waals surface area contributed by atoms with Crippen LogP contribution in [-0.4, -0.2) is 4.83 Å². The zero-order chi connectivity index (χ0) is 10.6. The van der Waals surface area contributed by atoms with Gasteiger partial charge in [-0.05, 0) is 30.6 Å². The average molecular weight is 261 g/mol. The van der Waals surface area contributed by atoms with E-state index in [0.29, 0.717) is 0 Å². The van der Waals surface area contributed by atoms with Crippen molar-refractivity contribution in [3.8, 4) is 0 Å². The summed E-state index contributed by atoms with van der Waals surface area (Å²) in [6.07, 6.45) is 8.69. The smallest absolute Gasteiger partial charge is 0.0197 e. The highest BCUT2D eigenvalue weighted by Gasteiger charge is 2.25. The van der Waals surface area contributed by atoms with E-state index >= 15 is 0 Å². The van der Waals surface area contributed by atoms with Gasteiger partial charge in [0, 0.05) is 4.83 Å². The van der Waals surface area contributed by atoms with Crippen LogP contribution in [0.25, 0.3) is 0 Å². The molecule has 1 aliphatic rings. The second-order valence-electron chi connectivity index (χ2n) is 5.23. The van der Waals surface area contributed by atoms with Gasteiger partial charge in [-0.15, -0.1) is 0 Å². The van der Waals surface area contributed by atoms with Gasteiger partial charge in [0.25, 0.3) is 0 Å². The van der Waals surface area contributed by atoms with Crippen LogP contribution in [0.15, 0.2) is 0 Å². The summed E-state index contributed by atoms with van der Waals surface area (Å²) in [5, 5.41) is 0. The Balaban J connectivity index is 2.41. The third kappa shape index (κ3) is 3.56. The van der Waals surface area contributed by atoms with E-state index < -0.39 is 0 Å². The molecule has 1 heteroatoms. The fourth-order valence-electron chi connectivity index (χ4n) is 2.68. The van der Waals surface area contributed by atoms with Gasteiger partial charge in [-0.1, -0.05) is 62.4 Å². The van der Waals surface area contributed by atoms with Gasteiger partial charge in [0.1, 0.15) is 0 Å². The van der Waals surface area contributed by atoms with E-state index in [1.807, 2.05) is 0 Å². The number of alkyl halides is 1. The summed E-state index contributed by atoms with van der Waals surface area (Å²) in [4.78, 5) is 0.748. The summed E-state index contributed by atoms with van der Waals surface area (Å²) >= 11 is 3.88. The lowest BCUT2D eigenvalue weighted by atomic mass is 9.90. The minimum absolute atomic E-state index is 0.748. The normalized spacial score (nSPS) is 31.5. The number of hydrogen-bond acceptors (Lipinski definition) is 0. The molecule has 0 heterocycles. The van der Waals surface area contributed by atoms with Crippen molar-refractivity contribution in [1.82, 2.24) is 0 Å². The quantitative estimate of drug-likeness (QED) is 0.494. The van der Waals surface area contributed by atoms with Crippen molar-refractivity contribution in [2.75, 3.05) is 0 Å². The van der Waals surface area contributed by atoms with Crippen LogP contribution in [0.3, 0.4) is 0 Å². The molecule has 1 saturated carbocycles. The highest BCUT2D eigenvalue weighted by atomic mass is 79.9. The topological polar surface area (TPSA) is 0 Å². The van der Waals surface area contributed by atoms with Crippen molar-refractivity contribution >= 4 is 15.9 Å². The maximum Gasteiger partial charge on any atom is 0.0197 e. The van der Waals surface area contributed by atoms with Crippen LogP contribution in [0.1, 0.15) is 59.3 Å². The molecular weight excluding hydrogens is 236 g/mol. The van der Waals surface area contributed by atoms with Crippen LogP contribution in [0.2, 0.25) is 0 Å². The summed E-state index contributed by atoms with van der Waals surface area (Å²) in [5.41, 5.74) is 0. The molecule has 84 valence electrons. The molecule has 0 amide bonds. The average Bonchev–Trinajstić information content (AvgIpc) is 2.41. The molecule has 1 fully saturated rings. The van der Waals surface area contributed by atoms with Gasteiger partial charge >= 0.3 is 0 Å². The standard InChI is InChI=1S/C13H25Br/c1-4-11-6-5-7-12(9-8-11)13(14)10(2)3/h10-13H,4-9H2,1-3H3. The van der Waals surface area contributed by atoms with Gasteiger partial charge in [-0.25, -0.2) is 0 Å². The molecule has 0 radical (unpaired) electrons. The van der Waals surface area contributed by atoms with E-state index in [2.05, 4.69) is 36.7 Å². The maximum absolute atomic E-state index is 3.88. The van der Waals surface area contributed by atoms with E-state index in [4.69, 9.17) is 0 Å². The van der Waals surface area contributed by atoms with Crippen molar-refractivity contribution in [2.45, 2.75) is 64.1 Å². The van der Waals surface area contributed by atoms with E-state index in [9.17, 15) is 0 Å². The molecule has 3 unspecified atom stereocenters. The van der Waals surface area contributed by atoms with Crippen LogP contribution in [0.5, 0.6) is 0 Å². The zero-order valence-electron chi connectivity index (χ0n) is 9.93. The molecule has 0 aromatic heterocycles. The Labute approximate surface area is 98.0 Å². The molecule has 1 rings (SSSR count). The lowest BCUT2D eigenvalue weighted by molar-refractivity contribution is 0.378. The monoisotopic (exact) mass is 260 g/mol. The summed E-state index contributed by atoms with van der Waals surface area (Å²) in [6.45, 7) is 7.02. The molecule has 0 spiro atoms. The van der Waals surface area contributed by atoms with Crippen molar-refractivity contribution in [3.05, 3.63) is 0 Å². The van der Waals surface area contributed by atoms with E-state index in [1.165, 1.54) is 38.5 Å². The largest absolute Gasteiger partial charge is 0.0885 e. The van der Waals surface area contributed by atoms with Gasteiger partial charge in [-0.2, -0.15) is 0 Å². The Bertz CT molecular complexity index is 153. The van der Waals surface area contributed by atoms with Crippen LogP contribution in [-0.2, 0) is 0 Å². The highest BCUT2D eigenvalue weighted by molar-refractivity contribution is 9.09. The molecule has 0 nitrogen and oxygen atoms in total. The first kappa shape index (κ1) is 12.5. The number of rotatable bonds is 3. The fourth-order valence-corrected chi connectivity index (χ4v) is 3.21. The maximum atomic E-state index is 3.88. The summed E-state index contributed by atoms with van der Waals surface area (Å²) < 4.78 is 0. The van der Waals surface area contributed by atoms with Crippen molar-refractivity contribution in [2.24, 2.45) is 17.8 Å². The predicted octanol–water partition coefficient (Wildman–Crippen LogP) is 5.01. The zero-order valence-corrected chi connectivity index (χ0v) is 11.5. The van der Waals surface area contributed by atoms with E-state index in [0.717, 1.165) is 22.6 Å².